The Morgan fingerprint density at radius 3 is 1.76 bits per heavy atom. The van der Waals surface area contributed by atoms with Crippen molar-refractivity contribution in [1.82, 2.24) is 0 Å². The monoisotopic (exact) mass is 380 g/mol. The topological polar surface area (TPSA) is 47.9 Å². The molecule has 0 radical (unpaired) electrons. The molecule has 5 rings (SSSR count). The Morgan fingerprint density at radius 2 is 1.32 bits per heavy atom. The quantitative estimate of drug-likeness (QED) is 0.256. The van der Waals surface area contributed by atoms with Crippen LogP contribution in [0.1, 0.15) is 38.5 Å². The van der Waals surface area contributed by atoms with Crippen LogP contribution < -0.4 is 4.74 Å². The van der Waals surface area contributed by atoms with Gasteiger partial charge in [0.05, 0.1) is 12.0 Å². The van der Waals surface area contributed by atoms with E-state index in [1.807, 2.05) is 0 Å². The first-order chi connectivity index (χ1) is 11.9. The fourth-order valence-corrected chi connectivity index (χ4v) is 5.60. The third-order valence-corrected chi connectivity index (χ3v) is 6.29. The van der Waals surface area contributed by atoms with Crippen LogP contribution in [0.2, 0.25) is 0 Å². The lowest BCUT2D eigenvalue weighted by atomic mass is 9.54. The number of ether oxygens (including phenoxy) is 1. The highest BCUT2D eigenvalue weighted by Crippen LogP contribution is 2.57. The normalized spacial score (nSPS) is 33.1. The van der Waals surface area contributed by atoms with Crippen LogP contribution in [0.5, 0.6) is 5.75 Å². The average Bonchev–Trinajstić information content (AvgIpc) is 2.56. The Bertz CT molecular complexity index is 635. The van der Waals surface area contributed by atoms with Crippen LogP contribution in [0.4, 0.5) is 17.6 Å². The van der Waals surface area contributed by atoms with Gasteiger partial charge in [-0.05, 0) is 56.3 Å². The van der Waals surface area contributed by atoms with Gasteiger partial charge in [0.15, 0.2) is 17.4 Å². The third-order valence-electron chi connectivity index (χ3n) is 5.63. The Morgan fingerprint density at radius 1 is 0.840 bits per heavy atom. The zero-order valence-electron chi connectivity index (χ0n) is 13.1. The van der Waals surface area contributed by atoms with Gasteiger partial charge in [-0.2, -0.15) is 8.78 Å². The lowest BCUT2D eigenvalue weighted by Gasteiger charge is -2.56. The lowest BCUT2D eigenvalue weighted by molar-refractivity contribution is -0.432. The summed E-state index contributed by atoms with van der Waals surface area (Å²) in [7, 11) is 0. The summed E-state index contributed by atoms with van der Waals surface area (Å²) < 4.78 is 66.4. The minimum absolute atomic E-state index is 0.177. The van der Waals surface area contributed by atoms with Crippen molar-refractivity contribution in [3.8, 4) is 5.75 Å². The second-order valence-electron chi connectivity index (χ2n) is 7.34. The van der Waals surface area contributed by atoms with Crippen molar-refractivity contribution < 1.29 is 36.9 Å². The Balaban J connectivity index is 1.67. The van der Waals surface area contributed by atoms with Gasteiger partial charge in [-0.15, -0.1) is 4.33 Å². The molecule has 0 aromatic heterocycles. The zero-order valence-corrected chi connectivity index (χ0v) is 13.9. The van der Waals surface area contributed by atoms with Crippen molar-refractivity contribution in [1.29, 1.82) is 0 Å². The zero-order chi connectivity index (χ0) is 17.8. The van der Waals surface area contributed by atoms with Gasteiger partial charge >= 0.3 is 0 Å². The highest BCUT2D eigenvalue weighted by Gasteiger charge is 2.53. The molecular formula is C16H16F4O4S. The standard InChI is InChI=1S/C16H16F4O4S/c17-10-12(19)15(25-24-23-21)13(20)11(18)14(10)22-16-4-7-1-8(5-16)3-9(2-7)6-16/h7-9,21H,1-6H2. The lowest BCUT2D eigenvalue weighted by Crippen LogP contribution is -2.54. The average molecular weight is 380 g/mol. The summed E-state index contributed by atoms with van der Waals surface area (Å²) in [6.45, 7) is 0. The molecule has 0 saturated heterocycles. The SMILES string of the molecule is OOOSc1c(F)c(F)c(OC23CC4CC(CC(C4)C2)C3)c(F)c1F. The van der Waals surface area contributed by atoms with Crippen LogP contribution in [0.3, 0.4) is 0 Å². The highest BCUT2D eigenvalue weighted by molar-refractivity contribution is 7.94. The fraction of sp³-hybridized carbons (Fsp3) is 0.625. The van der Waals surface area contributed by atoms with Crippen LogP contribution in [-0.4, -0.2) is 10.9 Å². The number of hydrogen-bond acceptors (Lipinski definition) is 5. The van der Waals surface area contributed by atoms with E-state index in [0.29, 0.717) is 37.0 Å². The molecule has 4 saturated carbocycles. The molecule has 4 fully saturated rings. The third kappa shape index (κ3) is 2.90. The first kappa shape index (κ1) is 17.4. The summed E-state index contributed by atoms with van der Waals surface area (Å²) in [5.74, 6) is -6.23. The number of benzene rings is 1. The summed E-state index contributed by atoms with van der Waals surface area (Å²) in [5.41, 5.74) is -0.755. The molecule has 4 aliphatic carbocycles. The van der Waals surface area contributed by atoms with E-state index in [-0.39, 0.29) is 12.0 Å². The Labute approximate surface area is 145 Å². The van der Waals surface area contributed by atoms with Crippen molar-refractivity contribution >= 4 is 12.0 Å². The molecule has 138 valence electrons. The molecule has 25 heavy (non-hydrogen) atoms. The first-order valence-corrected chi connectivity index (χ1v) is 8.86. The highest BCUT2D eigenvalue weighted by atomic mass is 32.2. The van der Waals surface area contributed by atoms with Crippen molar-refractivity contribution in [2.75, 3.05) is 0 Å². The summed E-state index contributed by atoms with van der Waals surface area (Å²) >= 11 is -0.177. The van der Waals surface area contributed by atoms with Crippen LogP contribution in [0.15, 0.2) is 4.90 Å². The van der Waals surface area contributed by atoms with Crippen LogP contribution in [0.25, 0.3) is 0 Å². The van der Waals surface area contributed by atoms with Gasteiger partial charge in [-0.1, -0.05) is 5.04 Å². The summed E-state index contributed by atoms with van der Waals surface area (Å²) in [5, 5.41) is 11.3. The molecule has 4 nitrogen and oxygen atoms in total. The van der Waals surface area contributed by atoms with E-state index < -0.39 is 39.5 Å². The van der Waals surface area contributed by atoms with Crippen LogP contribution in [-0.2, 0) is 9.37 Å². The molecular weight excluding hydrogens is 364 g/mol. The molecule has 0 unspecified atom stereocenters. The molecule has 1 aromatic carbocycles. The van der Waals surface area contributed by atoms with Gasteiger partial charge in [0.1, 0.15) is 10.5 Å². The van der Waals surface area contributed by atoms with Crippen molar-refractivity contribution in [3.05, 3.63) is 23.3 Å². The maximum absolute atomic E-state index is 14.3. The van der Waals surface area contributed by atoms with Gasteiger partial charge < -0.3 is 4.74 Å². The molecule has 0 heterocycles. The second-order valence-corrected chi connectivity index (χ2v) is 8.05. The molecule has 4 aliphatic rings. The van der Waals surface area contributed by atoms with Gasteiger partial charge in [0.2, 0.25) is 11.6 Å². The van der Waals surface area contributed by atoms with E-state index in [1.165, 1.54) is 0 Å². The maximum atomic E-state index is 14.3. The van der Waals surface area contributed by atoms with Crippen LogP contribution >= 0.6 is 12.0 Å². The first-order valence-electron chi connectivity index (χ1n) is 8.12. The second kappa shape index (κ2) is 6.29. The molecule has 0 atom stereocenters. The maximum Gasteiger partial charge on any atom is 0.205 e. The molecule has 1 N–H and O–H groups in total. The summed E-state index contributed by atoms with van der Waals surface area (Å²) in [6, 6.07) is 0. The van der Waals surface area contributed by atoms with Crippen molar-refractivity contribution in [3.63, 3.8) is 0 Å². The molecule has 0 spiro atoms. The molecule has 1 aromatic rings. The fourth-order valence-electron chi connectivity index (χ4n) is 5.18. The van der Waals surface area contributed by atoms with E-state index in [1.54, 1.807) is 0 Å². The Kier molecular flexibility index (Phi) is 4.38. The van der Waals surface area contributed by atoms with E-state index in [9.17, 15) is 17.6 Å². The van der Waals surface area contributed by atoms with E-state index >= 15 is 0 Å². The van der Waals surface area contributed by atoms with Gasteiger partial charge in [0.25, 0.3) is 0 Å². The minimum atomic E-state index is -1.65. The molecule has 0 amide bonds. The summed E-state index contributed by atoms with van der Waals surface area (Å²) in [6.07, 6.45) is 5.22. The van der Waals surface area contributed by atoms with Crippen LogP contribution in [0, 0.1) is 41.0 Å². The van der Waals surface area contributed by atoms with Gasteiger partial charge in [-0.3, -0.25) is 0 Å². The molecule has 4 bridgehead atoms. The van der Waals surface area contributed by atoms with Crippen molar-refractivity contribution in [2.45, 2.75) is 49.0 Å². The molecule has 0 aliphatic heterocycles. The molecule has 9 heteroatoms. The predicted molar refractivity (Wildman–Crippen MR) is 78.5 cm³/mol. The largest absolute Gasteiger partial charge is 0.481 e. The number of hydrogen-bond donors (Lipinski definition) is 1. The van der Waals surface area contributed by atoms with Gasteiger partial charge in [0, 0.05) is 0 Å². The van der Waals surface area contributed by atoms with E-state index in [2.05, 4.69) is 9.37 Å². The Hall–Kier alpha value is -1.03. The number of rotatable bonds is 5. The predicted octanol–water partition coefficient (Wildman–Crippen LogP) is 5.02. The van der Waals surface area contributed by atoms with Crippen molar-refractivity contribution in [2.24, 2.45) is 17.8 Å². The summed E-state index contributed by atoms with van der Waals surface area (Å²) in [4.78, 5) is -1.10. The smallest absolute Gasteiger partial charge is 0.205 e. The van der Waals surface area contributed by atoms with E-state index in [0.717, 1.165) is 19.3 Å². The minimum Gasteiger partial charge on any atom is -0.481 e. The number of halogens is 4. The van der Waals surface area contributed by atoms with E-state index in [4.69, 9.17) is 9.99 Å². The van der Waals surface area contributed by atoms with Gasteiger partial charge in [-0.25, -0.2) is 14.0 Å².